The molecule has 140 valence electrons. The monoisotopic (exact) mass is 385 g/mol. The Hall–Kier alpha value is -2.79. The number of benzene rings is 2. The molecule has 0 bridgehead atoms. The van der Waals surface area contributed by atoms with Crippen LogP contribution in [0, 0.1) is 0 Å². The van der Waals surface area contributed by atoms with Crippen molar-refractivity contribution < 1.29 is 19.0 Å². The Bertz CT molecular complexity index is 888. The highest BCUT2D eigenvalue weighted by molar-refractivity contribution is 6.34. The average molecular weight is 386 g/mol. The lowest BCUT2D eigenvalue weighted by Crippen LogP contribution is -2.06. The van der Waals surface area contributed by atoms with Gasteiger partial charge in [-0.1, -0.05) is 37.1 Å². The van der Waals surface area contributed by atoms with Crippen molar-refractivity contribution in [2.24, 2.45) is 4.99 Å². The highest BCUT2D eigenvalue weighted by Gasteiger charge is 2.25. The summed E-state index contributed by atoms with van der Waals surface area (Å²) >= 11 is 6.23. The molecule has 0 saturated heterocycles. The number of aliphatic imine (C=N–C) groups is 1. The Morgan fingerprint density at radius 1 is 1.15 bits per heavy atom. The molecule has 2 aromatic carbocycles. The van der Waals surface area contributed by atoms with Crippen LogP contribution < -0.4 is 9.47 Å². The van der Waals surface area contributed by atoms with Gasteiger partial charge in [-0.3, -0.25) is 0 Å². The van der Waals surface area contributed by atoms with E-state index in [4.69, 9.17) is 25.8 Å². The summed E-state index contributed by atoms with van der Waals surface area (Å²) in [5.41, 5.74) is 1.58. The molecule has 1 aliphatic rings. The molecule has 2 aromatic rings. The van der Waals surface area contributed by atoms with Gasteiger partial charge in [0.05, 0.1) is 24.3 Å². The second kappa shape index (κ2) is 8.73. The number of hydrogen-bond acceptors (Lipinski definition) is 5. The van der Waals surface area contributed by atoms with Crippen LogP contribution in [0.2, 0.25) is 5.02 Å². The molecule has 0 aromatic heterocycles. The van der Waals surface area contributed by atoms with Crippen molar-refractivity contribution >= 4 is 29.5 Å². The third kappa shape index (κ3) is 4.68. The van der Waals surface area contributed by atoms with Gasteiger partial charge in [-0.05, 0) is 48.4 Å². The third-order valence-electron chi connectivity index (χ3n) is 3.98. The lowest BCUT2D eigenvalue weighted by molar-refractivity contribution is -0.129. The second-order valence-electron chi connectivity index (χ2n) is 5.95. The molecule has 3 rings (SSSR count). The molecule has 0 N–H and O–H groups in total. The Kier molecular flexibility index (Phi) is 6.14. The molecule has 1 aliphatic heterocycles. The summed E-state index contributed by atoms with van der Waals surface area (Å²) in [6.07, 6.45) is 3.77. The predicted molar refractivity (Wildman–Crippen MR) is 105 cm³/mol. The van der Waals surface area contributed by atoms with Crippen molar-refractivity contribution in [3.8, 4) is 11.5 Å². The van der Waals surface area contributed by atoms with Crippen LogP contribution in [0.3, 0.4) is 0 Å². The number of halogens is 1. The molecule has 0 spiro atoms. The first-order chi connectivity index (χ1) is 13.1. The van der Waals surface area contributed by atoms with Gasteiger partial charge >= 0.3 is 5.97 Å². The van der Waals surface area contributed by atoms with Gasteiger partial charge < -0.3 is 14.2 Å². The van der Waals surface area contributed by atoms with Crippen LogP contribution in [0.25, 0.3) is 6.08 Å². The Morgan fingerprint density at radius 3 is 2.56 bits per heavy atom. The van der Waals surface area contributed by atoms with Gasteiger partial charge in [0, 0.05) is 0 Å². The van der Waals surface area contributed by atoms with Crippen molar-refractivity contribution in [3.05, 3.63) is 64.3 Å². The second-order valence-corrected chi connectivity index (χ2v) is 6.36. The van der Waals surface area contributed by atoms with E-state index in [2.05, 4.69) is 11.9 Å². The van der Waals surface area contributed by atoms with Crippen LogP contribution in [0.4, 0.5) is 0 Å². The quantitative estimate of drug-likeness (QED) is 0.387. The normalized spacial score (nSPS) is 14.9. The Balaban J connectivity index is 1.77. The molecule has 0 unspecified atom stereocenters. The summed E-state index contributed by atoms with van der Waals surface area (Å²) in [6, 6.07) is 12.6. The molecule has 0 aliphatic carbocycles. The summed E-state index contributed by atoms with van der Waals surface area (Å²) in [6.45, 7) is 2.81. The van der Waals surface area contributed by atoms with Crippen molar-refractivity contribution in [3.63, 3.8) is 0 Å². The maximum atomic E-state index is 12.1. The zero-order valence-corrected chi connectivity index (χ0v) is 16.0. The van der Waals surface area contributed by atoms with Gasteiger partial charge in [0.1, 0.15) is 11.5 Å². The average Bonchev–Trinajstić information content (AvgIpc) is 3.03. The Labute approximate surface area is 163 Å². The molecule has 0 radical (unpaired) electrons. The lowest BCUT2D eigenvalue weighted by Gasteiger charge is -2.05. The van der Waals surface area contributed by atoms with E-state index >= 15 is 0 Å². The minimum Gasteiger partial charge on any atom is -0.497 e. The number of carbonyl (C=O) groups excluding carboxylic acids is 1. The van der Waals surface area contributed by atoms with Crippen LogP contribution >= 0.6 is 11.6 Å². The first kappa shape index (κ1) is 19.0. The largest absolute Gasteiger partial charge is 0.497 e. The molecule has 0 atom stereocenters. The summed E-state index contributed by atoms with van der Waals surface area (Å²) in [7, 11) is 1.55. The van der Waals surface area contributed by atoms with Crippen molar-refractivity contribution in [2.45, 2.75) is 19.8 Å². The fraction of sp³-hybridized carbons (Fsp3) is 0.238. The number of ether oxygens (including phenoxy) is 3. The molecular formula is C21H20ClNO4. The van der Waals surface area contributed by atoms with Gasteiger partial charge in [0.2, 0.25) is 5.90 Å². The van der Waals surface area contributed by atoms with Crippen LogP contribution in [-0.2, 0) is 9.53 Å². The number of carbonyl (C=O) groups is 1. The third-order valence-corrected chi connectivity index (χ3v) is 4.29. The van der Waals surface area contributed by atoms with Crippen LogP contribution in [-0.4, -0.2) is 25.6 Å². The molecule has 0 fully saturated rings. The number of esters is 1. The minimum atomic E-state index is -0.514. The van der Waals surface area contributed by atoms with Crippen LogP contribution in [0.1, 0.15) is 30.9 Å². The van der Waals surface area contributed by atoms with Crippen LogP contribution in [0.5, 0.6) is 11.5 Å². The first-order valence-electron chi connectivity index (χ1n) is 8.70. The standard InChI is InChI=1S/C21H20ClNO4/c1-3-4-11-26-15-7-5-14(6-8-15)12-19-21(24)27-20(23-19)17-10-9-16(25-2)13-18(17)22/h5-10,12-13H,3-4,11H2,1-2H3/b19-12-. The van der Waals surface area contributed by atoms with Gasteiger partial charge in [0.15, 0.2) is 5.70 Å². The van der Waals surface area contributed by atoms with E-state index in [0.29, 0.717) is 22.9 Å². The highest BCUT2D eigenvalue weighted by atomic mass is 35.5. The summed E-state index contributed by atoms with van der Waals surface area (Å²) < 4.78 is 16.0. The summed E-state index contributed by atoms with van der Waals surface area (Å²) in [5, 5.41) is 0.399. The topological polar surface area (TPSA) is 57.1 Å². The Morgan fingerprint density at radius 2 is 1.89 bits per heavy atom. The van der Waals surface area contributed by atoms with E-state index in [9.17, 15) is 4.79 Å². The zero-order chi connectivity index (χ0) is 19.2. The first-order valence-corrected chi connectivity index (χ1v) is 9.08. The van der Waals surface area contributed by atoms with Crippen molar-refractivity contribution in [1.82, 2.24) is 0 Å². The summed E-state index contributed by atoms with van der Waals surface area (Å²) in [4.78, 5) is 16.4. The maximum absolute atomic E-state index is 12.1. The predicted octanol–water partition coefficient (Wildman–Crippen LogP) is 4.87. The van der Waals surface area contributed by atoms with E-state index in [0.717, 1.165) is 24.2 Å². The molecular weight excluding hydrogens is 366 g/mol. The fourth-order valence-corrected chi connectivity index (χ4v) is 2.72. The molecule has 5 nitrogen and oxygen atoms in total. The molecule has 6 heteroatoms. The van der Waals surface area contributed by atoms with E-state index in [-0.39, 0.29) is 11.6 Å². The number of cyclic esters (lactones) is 1. The fourth-order valence-electron chi connectivity index (χ4n) is 2.47. The summed E-state index contributed by atoms with van der Waals surface area (Å²) in [5.74, 6) is 1.08. The number of methoxy groups -OCH3 is 1. The molecule has 0 saturated carbocycles. The SMILES string of the molecule is CCCCOc1ccc(/C=C2\N=C(c3ccc(OC)cc3Cl)OC2=O)cc1. The highest BCUT2D eigenvalue weighted by Crippen LogP contribution is 2.27. The van der Waals surface area contributed by atoms with E-state index in [1.54, 1.807) is 31.4 Å². The zero-order valence-electron chi connectivity index (χ0n) is 15.2. The van der Waals surface area contributed by atoms with E-state index in [1.165, 1.54) is 0 Å². The molecule has 27 heavy (non-hydrogen) atoms. The van der Waals surface area contributed by atoms with E-state index < -0.39 is 5.97 Å². The van der Waals surface area contributed by atoms with Gasteiger partial charge in [0.25, 0.3) is 0 Å². The number of rotatable bonds is 7. The van der Waals surface area contributed by atoms with Crippen LogP contribution in [0.15, 0.2) is 53.2 Å². The minimum absolute atomic E-state index is 0.179. The maximum Gasteiger partial charge on any atom is 0.363 e. The van der Waals surface area contributed by atoms with Gasteiger partial charge in [-0.2, -0.15) is 0 Å². The van der Waals surface area contributed by atoms with Gasteiger partial charge in [-0.15, -0.1) is 0 Å². The lowest BCUT2D eigenvalue weighted by atomic mass is 10.2. The number of unbranched alkanes of at least 4 members (excludes halogenated alkanes) is 1. The number of hydrogen-bond donors (Lipinski definition) is 0. The number of nitrogens with zero attached hydrogens (tertiary/aromatic N) is 1. The molecule has 0 amide bonds. The van der Waals surface area contributed by atoms with Crippen molar-refractivity contribution in [1.29, 1.82) is 0 Å². The van der Waals surface area contributed by atoms with Gasteiger partial charge in [-0.25, -0.2) is 9.79 Å². The molecule has 1 heterocycles. The van der Waals surface area contributed by atoms with E-state index in [1.807, 2.05) is 24.3 Å². The van der Waals surface area contributed by atoms with Crippen molar-refractivity contribution in [2.75, 3.05) is 13.7 Å². The smallest absolute Gasteiger partial charge is 0.363 e.